The van der Waals surface area contributed by atoms with E-state index in [9.17, 15) is 4.79 Å². The van der Waals surface area contributed by atoms with Gasteiger partial charge in [-0.15, -0.1) is 0 Å². The number of ether oxygens (including phenoxy) is 1. The Labute approximate surface area is 140 Å². The van der Waals surface area contributed by atoms with E-state index in [1.807, 2.05) is 4.90 Å². The highest BCUT2D eigenvalue weighted by Crippen LogP contribution is 2.03. The molecular weight excluding hydrogens is 294 g/mol. The Hall–Kier alpha value is -1.34. The van der Waals surface area contributed by atoms with Crippen molar-refractivity contribution >= 4 is 11.9 Å². The van der Waals surface area contributed by atoms with Crippen LogP contribution in [0, 0.1) is 0 Å². The number of aliphatic imine (C=N–C) groups is 1. The molecule has 7 heteroatoms. The van der Waals surface area contributed by atoms with Crippen LogP contribution in [-0.2, 0) is 9.53 Å². The first-order chi connectivity index (χ1) is 11.1. The lowest BCUT2D eigenvalue weighted by molar-refractivity contribution is -0.130. The lowest BCUT2D eigenvalue weighted by Gasteiger charge is -2.36. The second kappa shape index (κ2) is 11.2. The Morgan fingerprint density at radius 1 is 1.22 bits per heavy atom. The van der Waals surface area contributed by atoms with Crippen LogP contribution in [0.3, 0.4) is 0 Å². The van der Waals surface area contributed by atoms with Crippen molar-refractivity contribution in [2.24, 2.45) is 4.99 Å². The van der Waals surface area contributed by atoms with Crippen LogP contribution in [0.15, 0.2) is 4.99 Å². The molecule has 1 fully saturated rings. The molecule has 1 heterocycles. The predicted octanol–water partition coefficient (Wildman–Crippen LogP) is 0.0843. The second-order valence-electron chi connectivity index (χ2n) is 5.88. The molecule has 0 aromatic rings. The fraction of sp³-hybridized carbons (Fsp3) is 0.875. The molecule has 23 heavy (non-hydrogen) atoms. The lowest BCUT2D eigenvalue weighted by Crippen LogP contribution is -2.53. The molecule has 0 aromatic carbocycles. The van der Waals surface area contributed by atoms with E-state index >= 15 is 0 Å². The molecule has 134 valence electrons. The van der Waals surface area contributed by atoms with E-state index in [0.29, 0.717) is 0 Å². The van der Waals surface area contributed by atoms with Crippen molar-refractivity contribution in [3.63, 3.8) is 0 Å². The first kappa shape index (κ1) is 19.7. The monoisotopic (exact) mass is 327 g/mol. The molecule has 0 unspecified atom stereocenters. The average Bonchev–Trinajstić information content (AvgIpc) is 2.55. The maximum Gasteiger partial charge on any atom is 0.219 e. The fourth-order valence-corrected chi connectivity index (χ4v) is 2.54. The van der Waals surface area contributed by atoms with Crippen LogP contribution in [0.4, 0.5) is 0 Å². The van der Waals surface area contributed by atoms with Crippen molar-refractivity contribution in [3.05, 3.63) is 0 Å². The molecule has 0 bridgehead atoms. The first-order valence-corrected chi connectivity index (χ1v) is 8.54. The number of amides is 1. The topological polar surface area (TPSA) is 60.4 Å². The van der Waals surface area contributed by atoms with E-state index in [0.717, 1.165) is 71.3 Å². The predicted molar refractivity (Wildman–Crippen MR) is 93.8 cm³/mol. The maximum absolute atomic E-state index is 11.4. The summed E-state index contributed by atoms with van der Waals surface area (Å²) in [4.78, 5) is 22.5. The van der Waals surface area contributed by atoms with Gasteiger partial charge in [-0.3, -0.25) is 9.79 Å². The number of carbonyl (C=O) groups is 1. The van der Waals surface area contributed by atoms with Gasteiger partial charge in [-0.25, -0.2) is 0 Å². The molecule has 1 saturated heterocycles. The minimum absolute atomic E-state index is 0.158. The van der Waals surface area contributed by atoms with Gasteiger partial charge < -0.3 is 24.8 Å². The zero-order valence-corrected chi connectivity index (χ0v) is 15.2. The van der Waals surface area contributed by atoms with Crippen LogP contribution in [0.2, 0.25) is 0 Å². The zero-order chi connectivity index (χ0) is 17.1. The van der Waals surface area contributed by atoms with Crippen LogP contribution in [0.25, 0.3) is 0 Å². The Morgan fingerprint density at radius 2 is 1.87 bits per heavy atom. The van der Waals surface area contributed by atoms with Crippen molar-refractivity contribution in [1.29, 1.82) is 0 Å². The largest absolute Gasteiger partial charge is 0.383 e. The van der Waals surface area contributed by atoms with Crippen LogP contribution in [0.1, 0.15) is 20.3 Å². The normalized spacial score (nSPS) is 16.1. The molecule has 0 aliphatic carbocycles. The molecule has 0 aromatic heterocycles. The highest BCUT2D eigenvalue weighted by Gasteiger charge is 2.20. The summed E-state index contributed by atoms with van der Waals surface area (Å²) in [5.41, 5.74) is 0. The summed E-state index contributed by atoms with van der Waals surface area (Å²) >= 11 is 0. The van der Waals surface area contributed by atoms with E-state index in [1.54, 1.807) is 14.0 Å². The average molecular weight is 327 g/mol. The number of methoxy groups -OCH3 is 1. The Morgan fingerprint density at radius 3 is 2.43 bits per heavy atom. The van der Waals surface area contributed by atoms with Gasteiger partial charge in [0.15, 0.2) is 5.96 Å². The third-order valence-corrected chi connectivity index (χ3v) is 4.00. The van der Waals surface area contributed by atoms with E-state index in [-0.39, 0.29) is 5.91 Å². The molecule has 1 amide bonds. The number of nitrogens with one attached hydrogen (secondary N) is 1. The molecule has 0 saturated carbocycles. The summed E-state index contributed by atoms with van der Waals surface area (Å²) in [6.45, 7) is 11.4. The van der Waals surface area contributed by atoms with Gasteiger partial charge in [-0.1, -0.05) is 0 Å². The third-order valence-electron chi connectivity index (χ3n) is 4.00. The number of hydrogen-bond donors (Lipinski definition) is 1. The Kier molecular flexibility index (Phi) is 9.63. The molecule has 1 rings (SSSR count). The van der Waals surface area contributed by atoms with Gasteiger partial charge in [-0.05, 0) is 26.9 Å². The van der Waals surface area contributed by atoms with Crippen molar-refractivity contribution < 1.29 is 9.53 Å². The highest BCUT2D eigenvalue weighted by molar-refractivity contribution is 5.80. The SMILES string of the molecule is CCNC(=NCCCN(C)CCOC)N1CCN(C(C)=O)CC1. The van der Waals surface area contributed by atoms with Crippen LogP contribution in [-0.4, -0.2) is 99.7 Å². The molecular formula is C16H33N5O2. The van der Waals surface area contributed by atoms with Crippen LogP contribution >= 0.6 is 0 Å². The fourth-order valence-electron chi connectivity index (χ4n) is 2.54. The van der Waals surface area contributed by atoms with Gasteiger partial charge in [-0.2, -0.15) is 0 Å². The molecule has 1 aliphatic rings. The van der Waals surface area contributed by atoms with Crippen molar-refractivity contribution in [3.8, 4) is 0 Å². The smallest absolute Gasteiger partial charge is 0.219 e. The van der Waals surface area contributed by atoms with Gasteiger partial charge in [0, 0.05) is 59.8 Å². The van der Waals surface area contributed by atoms with Gasteiger partial charge in [0.1, 0.15) is 0 Å². The lowest BCUT2D eigenvalue weighted by atomic mass is 10.3. The molecule has 0 radical (unpaired) electrons. The first-order valence-electron chi connectivity index (χ1n) is 8.54. The summed E-state index contributed by atoms with van der Waals surface area (Å²) in [5, 5.41) is 3.36. The minimum Gasteiger partial charge on any atom is -0.383 e. The minimum atomic E-state index is 0.158. The summed E-state index contributed by atoms with van der Waals surface area (Å²) in [6.07, 6.45) is 1.03. The van der Waals surface area contributed by atoms with E-state index in [4.69, 9.17) is 9.73 Å². The second-order valence-corrected chi connectivity index (χ2v) is 5.88. The highest BCUT2D eigenvalue weighted by atomic mass is 16.5. The number of rotatable bonds is 8. The zero-order valence-electron chi connectivity index (χ0n) is 15.2. The van der Waals surface area contributed by atoms with Gasteiger partial charge in [0.25, 0.3) is 0 Å². The number of guanidine groups is 1. The Bertz CT molecular complexity index is 367. The van der Waals surface area contributed by atoms with Crippen molar-refractivity contribution in [1.82, 2.24) is 20.0 Å². The Balaban J connectivity index is 2.37. The van der Waals surface area contributed by atoms with Gasteiger partial charge in [0.2, 0.25) is 5.91 Å². The van der Waals surface area contributed by atoms with E-state index in [1.165, 1.54) is 0 Å². The number of carbonyl (C=O) groups excluding carboxylic acids is 1. The standard InChI is InChI=1S/C16H33N5O2/c1-5-17-16(18-7-6-8-19(3)13-14-23-4)21-11-9-20(10-12-21)15(2)22/h5-14H2,1-4H3,(H,17,18). The maximum atomic E-state index is 11.4. The van der Waals surface area contributed by atoms with E-state index < -0.39 is 0 Å². The number of hydrogen-bond acceptors (Lipinski definition) is 4. The van der Waals surface area contributed by atoms with Crippen LogP contribution in [0.5, 0.6) is 0 Å². The molecule has 1 aliphatic heterocycles. The van der Waals surface area contributed by atoms with Crippen molar-refractivity contribution in [2.75, 3.05) is 73.1 Å². The summed E-state index contributed by atoms with van der Waals surface area (Å²) in [6, 6.07) is 0. The third kappa shape index (κ3) is 7.65. The molecule has 0 atom stereocenters. The molecule has 1 N–H and O–H groups in total. The van der Waals surface area contributed by atoms with Crippen LogP contribution < -0.4 is 5.32 Å². The molecule has 7 nitrogen and oxygen atoms in total. The number of piperazine rings is 1. The summed E-state index contributed by atoms with van der Waals surface area (Å²) in [7, 11) is 3.83. The van der Waals surface area contributed by atoms with E-state index in [2.05, 4.69) is 29.1 Å². The molecule has 0 spiro atoms. The summed E-state index contributed by atoms with van der Waals surface area (Å²) in [5.74, 6) is 1.13. The van der Waals surface area contributed by atoms with Crippen molar-refractivity contribution in [2.45, 2.75) is 20.3 Å². The quantitative estimate of drug-likeness (QED) is 0.389. The number of likely N-dealkylation sites (N-methyl/N-ethyl adjacent to an activating group) is 1. The van der Waals surface area contributed by atoms with Gasteiger partial charge in [0.05, 0.1) is 6.61 Å². The van der Waals surface area contributed by atoms with Gasteiger partial charge >= 0.3 is 0 Å². The number of nitrogens with zero attached hydrogens (tertiary/aromatic N) is 4. The summed E-state index contributed by atoms with van der Waals surface area (Å²) < 4.78 is 5.08.